The third-order valence-corrected chi connectivity index (χ3v) is 2.65. The normalized spacial score (nSPS) is 16.1. The molecule has 2 N–H and O–H groups in total. The second-order valence-electron chi connectivity index (χ2n) is 5.55. The summed E-state index contributed by atoms with van der Waals surface area (Å²) in [5.74, 6) is 0.459. The van der Waals surface area contributed by atoms with Gasteiger partial charge in [0.2, 0.25) is 0 Å². The van der Waals surface area contributed by atoms with Crippen LogP contribution in [0.3, 0.4) is 0 Å². The van der Waals surface area contributed by atoms with Gasteiger partial charge in [-0.2, -0.15) is 0 Å². The van der Waals surface area contributed by atoms with Crippen LogP contribution in [0.25, 0.3) is 0 Å². The highest BCUT2D eigenvalue weighted by molar-refractivity contribution is 5.68. The zero-order valence-corrected chi connectivity index (χ0v) is 12.0. The number of pyridine rings is 1. The van der Waals surface area contributed by atoms with E-state index in [4.69, 9.17) is 15.3 Å². The Labute approximate surface area is 118 Å². The molecule has 2 rings (SSSR count). The van der Waals surface area contributed by atoms with E-state index >= 15 is 0 Å². The molecule has 0 spiro atoms. The van der Waals surface area contributed by atoms with Gasteiger partial charge in [0.25, 0.3) is 0 Å². The maximum absolute atomic E-state index is 11.9. The summed E-state index contributed by atoms with van der Waals surface area (Å²) in [6.07, 6.45) is 1.27. The Morgan fingerprint density at radius 3 is 2.65 bits per heavy atom. The van der Waals surface area contributed by atoms with Crippen LogP contribution in [0, 0.1) is 0 Å². The molecule has 110 valence electrons. The molecular formula is C13H20N4O3. The number of anilines is 2. The van der Waals surface area contributed by atoms with Crippen molar-refractivity contribution in [1.82, 2.24) is 9.88 Å². The summed E-state index contributed by atoms with van der Waals surface area (Å²) in [5, 5.41) is 1.69. The number of hydroxylamine groups is 1. The van der Waals surface area contributed by atoms with Gasteiger partial charge in [-0.25, -0.2) is 14.8 Å². The van der Waals surface area contributed by atoms with Crippen molar-refractivity contribution in [3.05, 3.63) is 18.3 Å². The topological polar surface area (TPSA) is 80.9 Å². The first-order valence-corrected chi connectivity index (χ1v) is 6.45. The molecule has 0 radical (unpaired) electrons. The van der Waals surface area contributed by atoms with Gasteiger partial charge in [0, 0.05) is 6.54 Å². The lowest BCUT2D eigenvalue weighted by Crippen LogP contribution is -2.48. The van der Waals surface area contributed by atoms with Crippen molar-refractivity contribution in [3.63, 3.8) is 0 Å². The molecule has 7 heteroatoms. The molecule has 1 saturated heterocycles. The zero-order valence-electron chi connectivity index (χ0n) is 12.0. The highest BCUT2D eigenvalue weighted by Crippen LogP contribution is 2.18. The number of carbonyl (C=O) groups is 1. The fourth-order valence-corrected chi connectivity index (χ4v) is 1.70. The van der Waals surface area contributed by atoms with Crippen LogP contribution in [0.1, 0.15) is 20.8 Å². The van der Waals surface area contributed by atoms with Gasteiger partial charge in [-0.3, -0.25) is 9.74 Å². The van der Waals surface area contributed by atoms with Crippen molar-refractivity contribution >= 4 is 17.6 Å². The minimum Gasteiger partial charge on any atom is -0.444 e. The Balaban J connectivity index is 1.89. The fraction of sp³-hybridized carbons (Fsp3) is 0.538. The average Bonchev–Trinajstić information content (AvgIpc) is 2.38. The summed E-state index contributed by atoms with van der Waals surface area (Å²) in [7, 11) is 0. The number of hydrogen-bond acceptors (Lipinski definition) is 6. The van der Waals surface area contributed by atoms with Crippen LogP contribution in [0.15, 0.2) is 18.3 Å². The maximum atomic E-state index is 11.9. The Kier molecular flexibility index (Phi) is 3.99. The minimum atomic E-state index is -0.505. The standard InChI is InChI=1S/C13H20N4O3/c1-13(2,3)20-12(18)16-6-7-17(19-9-16)10-4-5-11(14)15-8-10/h4-5,8H,6-7,9H2,1-3H3,(H2,14,15). The first-order valence-electron chi connectivity index (χ1n) is 6.45. The molecule has 1 aliphatic rings. The van der Waals surface area contributed by atoms with Crippen LogP contribution >= 0.6 is 0 Å². The monoisotopic (exact) mass is 280 g/mol. The van der Waals surface area contributed by atoms with Gasteiger partial charge in [0.1, 0.15) is 11.4 Å². The zero-order chi connectivity index (χ0) is 14.8. The van der Waals surface area contributed by atoms with E-state index in [1.165, 1.54) is 4.90 Å². The number of ether oxygens (including phenoxy) is 1. The second-order valence-corrected chi connectivity index (χ2v) is 5.55. The molecule has 7 nitrogen and oxygen atoms in total. The quantitative estimate of drug-likeness (QED) is 0.841. The molecule has 0 atom stereocenters. The van der Waals surface area contributed by atoms with Crippen LogP contribution in [0.2, 0.25) is 0 Å². The summed E-state index contributed by atoms with van der Waals surface area (Å²) >= 11 is 0. The van der Waals surface area contributed by atoms with Crippen molar-refractivity contribution in [2.24, 2.45) is 0 Å². The fourth-order valence-electron chi connectivity index (χ4n) is 1.70. The molecule has 1 aromatic rings. The number of amides is 1. The average molecular weight is 280 g/mol. The van der Waals surface area contributed by atoms with Crippen molar-refractivity contribution < 1.29 is 14.4 Å². The molecule has 0 bridgehead atoms. The van der Waals surface area contributed by atoms with E-state index < -0.39 is 5.60 Å². The van der Waals surface area contributed by atoms with E-state index in [2.05, 4.69) is 4.98 Å². The van der Waals surface area contributed by atoms with E-state index in [9.17, 15) is 4.79 Å². The number of hydrogen-bond donors (Lipinski definition) is 1. The third-order valence-electron chi connectivity index (χ3n) is 2.65. The highest BCUT2D eigenvalue weighted by atomic mass is 16.7. The third kappa shape index (κ3) is 3.74. The predicted molar refractivity (Wildman–Crippen MR) is 74.9 cm³/mol. The predicted octanol–water partition coefficient (Wildman–Crippen LogP) is 1.61. The Morgan fingerprint density at radius 1 is 1.40 bits per heavy atom. The largest absolute Gasteiger partial charge is 0.444 e. The number of rotatable bonds is 1. The van der Waals surface area contributed by atoms with Gasteiger partial charge in [0.15, 0.2) is 6.73 Å². The first kappa shape index (κ1) is 14.4. The number of nitrogens with zero attached hydrogens (tertiary/aromatic N) is 3. The van der Waals surface area contributed by atoms with Gasteiger partial charge in [-0.15, -0.1) is 0 Å². The van der Waals surface area contributed by atoms with Crippen molar-refractivity contribution in [2.45, 2.75) is 26.4 Å². The Bertz CT molecular complexity index is 461. The van der Waals surface area contributed by atoms with Gasteiger partial charge < -0.3 is 10.5 Å². The maximum Gasteiger partial charge on any atom is 0.412 e. The summed E-state index contributed by atoms with van der Waals surface area (Å²) in [6, 6.07) is 3.53. The highest BCUT2D eigenvalue weighted by Gasteiger charge is 2.26. The number of aromatic nitrogens is 1. The lowest BCUT2D eigenvalue weighted by molar-refractivity contribution is -0.0416. The lowest BCUT2D eigenvalue weighted by atomic mass is 10.2. The molecule has 0 aromatic carbocycles. The molecule has 20 heavy (non-hydrogen) atoms. The van der Waals surface area contributed by atoms with Gasteiger partial charge in [-0.05, 0) is 32.9 Å². The molecule has 1 aromatic heterocycles. The van der Waals surface area contributed by atoms with Crippen molar-refractivity contribution in [2.75, 3.05) is 30.6 Å². The summed E-state index contributed by atoms with van der Waals surface area (Å²) in [6.45, 7) is 6.73. The van der Waals surface area contributed by atoms with Crippen LogP contribution < -0.4 is 10.8 Å². The van der Waals surface area contributed by atoms with E-state index in [-0.39, 0.29) is 12.8 Å². The number of nitrogens with two attached hydrogens (primary N) is 1. The molecule has 0 saturated carbocycles. The second kappa shape index (κ2) is 5.54. The molecule has 0 unspecified atom stereocenters. The molecule has 1 amide bonds. The Hall–Kier alpha value is -2.02. The van der Waals surface area contributed by atoms with E-state index in [1.807, 2.05) is 26.8 Å². The van der Waals surface area contributed by atoms with Gasteiger partial charge in [-0.1, -0.05) is 0 Å². The SMILES string of the molecule is CC(C)(C)OC(=O)N1CCN(c2ccc(N)nc2)OC1. The first-order chi connectivity index (χ1) is 9.35. The van der Waals surface area contributed by atoms with E-state index in [1.54, 1.807) is 17.3 Å². The molecule has 0 aliphatic carbocycles. The molecule has 1 aliphatic heterocycles. The summed E-state index contributed by atoms with van der Waals surface area (Å²) in [5.41, 5.74) is 5.84. The Morgan fingerprint density at radius 2 is 2.15 bits per heavy atom. The van der Waals surface area contributed by atoms with Gasteiger partial charge >= 0.3 is 6.09 Å². The van der Waals surface area contributed by atoms with Gasteiger partial charge in [0.05, 0.1) is 18.4 Å². The molecule has 2 heterocycles. The van der Waals surface area contributed by atoms with E-state index in [0.717, 1.165) is 5.69 Å². The smallest absolute Gasteiger partial charge is 0.412 e. The molecule has 1 fully saturated rings. The number of carbonyl (C=O) groups excluding carboxylic acids is 1. The number of nitrogen functional groups attached to an aromatic ring is 1. The van der Waals surface area contributed by atoms with Crippen LogP contribution in [-0.2, 0) is 9.57 Å². The van der Waals surface area contributed by atoms with Crippen molar-refractivity contribution in [3.8, 4) is 0 Å². The van der Waals surface area contributed by atoms with Crippen LogP contribution in [0.4, 0.5) is 16.3 Å². The lowest BCUT2D eigenvalue weighted by Gasteiger charge is -2.35. The van der Waals surface area contributed by atoms with Crippen LogP contribution in [0.5, 0.6) is 0 Å². The van der Waals surface area contributed by atoms with Crippen molar-refractivity contribution in [1.29, 1.82) is 0 Å². The van der Waals surface area contributed by atoms with Crippen LogP contribution in [-0.4, -0.2) is 41.4 Å². The summed E-state index contributed by atoms with van der Waals surface area (Å²) < 4.78 is 5.29. The molecular weight excluding hydrogens is 260 g/mol. The minimum absolute atomic E-state index is 0.152. The van der Waals surface area contributed by atoms with E-state index in [0.29, 0.717) is 18.9 Å². The summed E-state index contributed by atoms with van der Waals surface area (Å²) in [4.78, 5) is 22.9.